The molecule has 2 unspecified atom stereocenters. The third-order valence-corrected chi connectivity index (χ3v) is 3.42. The normalized spacial score (nSPS) is 30.1. The van der Waals surface area contributed by atoms with Crippen molar-refractivity contribution in [3.63, 3.8) is 0 Å². The van der Waals surface area contributed by atoms with Gasteiger partial charge >= 0.3 is 0 Å². The van der Waals surface area contributed by atoms with Gasteiger partial charge in [0.15, 0.2) is 0 Å². The molecule has 2 atom stereocenters. The van der Waals surface area contributed by atoms with Crippen LogP contribution in [-0.2, 0) is 19.4 Å². The molecule has 0 spiro atoms. The van der Waals surface area contributed by atoms with Gasteiger partial charge in [-0.3, -0.25) is 0 Å². The van der Waals surface area contributed by atoms with Crippen molar-refractivity contribution in [3.05, 3.63) is 11.4 Å². The minimum absolute atomic E-state index is 0.632. The number of aryl methyl sites for hydroxylation is 1. The Labute approximate surface area is 83.7 Å². The van der Waals surface area contributed by atoms with Crippen molar-refractivity contribution in [2.45, 2.75) is 51.2 Å². The van der Waals surface area contributed by atoms with Crippen LogP contribution in [0.5, 0.6) is 0 Å². The Morgan fingerprint density at radius 3 is 3.14 bits per heavy atom. The van der Waals surface area contributed by atoms with E-state index in [9.17, 15) is 0 Å². The summed E-state index contributed by atoms with van der Waals surface area (Å²) in [5, 5.41) is 12.1. The molecule has 1 saturated heterocycles. The fourth-order valence-electron chi connectivity index (χ4n) is 2.66. The van der Waals surface area contributed by atoms with E-state index in [0.717, 1.165) is 19.4 Å². The molecule has 0 amide bonds. The Kier molecular flexibility index (Phi) is 1.83. The SMILES string of the molecule is CCc1nnn2c1CC1CCC(C2)N1. The van der Waals surface area contributed by atoms with Crippen LogP contribution in [0.1, 0.15) is 31.2 Å². The van der Waals surface area contributed by atoms with Crippen LogP contribution in [0.25, 0.3) is 0 Å². The molecule has 2 bridgehead atoms. The second-order valence-electron chi connectivity index (χ2n) is 4.36. The molecule has 0 aromatic carbocycles. The topological polar surface area (TPSA) is 42.7 Å². The second-order valence-corrected chi connectivity index (χ2v) is 4.36. The molecular formula is C10H16N4. The Morgan fingerprint density at radius 2 is 2.29 bits per heavy atom. The second kappa shape index (κ2) is 3.05. The molecule has 2 aliphatic heterocycles. The van der Waals surface area contributed by atoms with Crippen LogP contribution in [0.3, 0.4) is 0 Å². The molecule has 1 fully saturated rings. The van der Waals surface area contributed by atoms with Gasteiger partial charge in [-0.1, -0.05) is 12.1 Å². The van der Waals surface area contributed by atoms with Gasteiger partial charge in [0.1, 0.15) is 0 Å². The lowest BCUT2D eigenvalue weighted by Gasteiger charge is -2.09. The van der Waals surface area contributed by atoms with Crippen molar-refractivity contribution in [3.8, 4) is 0 Å². The number of nitrogens with zero attached hydrogens (tertiary/aromatic N) is 3. The van der Waals surface area contributed by atoms with Crippen molar-refractivity contribution < 1.29 is 0 Å². The van der Waals surface area contributed by atoms with E-state index in [1.807, 2.05) is 0 Å². The molecule has 76 valence electrons. The molecule has 2 aliphatic rings. The van der Waals surface area contributed by atoms with Gasteiger partial charge in [0.25, 0.3) is 0 Å². The predicted octanol–water partition coefficient (Wildman–Crippen LogP) is 0.517. The zero-order chi connectivity index (χ0) is 9.54. The summed E-state index contributed by atoms with van der Waals surface area (Å²) in [6.07, 6.45) is 4.74. The Morgan fingerprint density at radius 1 is 1.43 bits per heavy atom. The average Bonchev–Trinajstić information content (AvgIpc) is 2.70. The summed E-state index contributed by atoms with van der Waals surface area (Å²) in [4.78, 5) is 0. The molecule has 1 aromatic rings. The zero-order valence-corrected chi connectivity index (χ0v) is 8.53. The third-order valence-electron chi connectivity index (χ3n) is 3.42. The first-order valence-corrected chi connectivity index (χ1v) is 5.54. The lowest BCUT2D eigenvalue weighted by Crippen LogP contribution is -2.30. The molecule has 0 saturated carbocycles. The number of fused-ring (bicyclic) bond motifs is 3. The predicted molar refractivity (Wildman–Crippen MR) is 53.0 cm³/mol. The third kappa shape index (κ3) is 1.17. The van der Waals surface area contributed by atoms with Crippen molar-refractivity contribution in [1.82, 2.24) is 20.3 Å². The minimum atomic E-state index is 0.632. The molecule has 4 heteroatoms. The average molecular weight is 192 g/mol. The highest BCUT2D eigenvalue weighted by Crippen LogP contribution is 2.23. The summed E-state index contributed by atoms with van der Waals surface area (Å²) < 4.78 is 2.11. The lowest BCUT2D eigenvalue weighted by atomic mass is 10.1. The Bertz CT molecular complexity index is 344. The largest absolute Gasteiger partial charge is 0.309 e. The number of nitrogens with one attached hydrogen (secondary N) is 1. The van der Waals surface area contributed by atoms with Gasteiger partial charge in [0.2, 0.25) is 0 Å². The summed E-state index contributed by atoms with van der Waals surface area (Å²) in [5.74, 6) is 0. The van der Waals surface area contributed by atoms with Gasteiger partial charge in [0, 0.05) is 18.5 Å². The molecular weight excluding hydrogens is 176 g/mol. The van der Waals surface area contributed by atoms with E-state index in [1.54, 1.807) is 0 Å². The number of hydrogen-bond acceptors (Lipinski definition) is 3. The van der Waals surface area contributed by atoms with Gasteiger partial charge in [-0.15, -0.1) is 5.10 Å². The van der Waals surface area contributed by atoms with Crippen molar-refractivity contribution in [1.29, 1.82) is 0 Å². The molecule has 4 nitrogen and oxygen atoms in total. The van der Waals surface area contributed by atoms with E-state index < -0.39 is 0 Å². The summed E-state index contributed by atoms with van der Waals surface area (Å²) in [6.45, 7) is 3.17. The molecule has 1 N–H and O–H groups in total. The maximum absolute atomic E-state index is 4.24. The molecule has 3 heterocycles. The van der Waals surface area contributed by atoms with Gasteiger partial charge < -0.3 is 5.32 Å². The highest BCUT2D eigenvalue weighted by molar-refractivity contribution is 5.14. The van der Waals surface area contributed by atoms with Crippen LogP contribution in [0.15, 0.2) is 0 Å². The maximum atomic E-state index is 4.24. The van der Waals surface area contributed by atoms with Crippen LogP contribution in [0.2, 0.25) is 0 Å². The first kappa shape index (κ1) is 8.41. The first-order chi connectivity index (χ1) is 6.86. The number of aromatic nitrogens is 3. The van der Waals surface area contributed by atoms with Crippen LogP contribution >= 0.6 is 0 Å². The van der Waals surface area contributed by atoms with Crippen LogP contribution < -0.4 is 5.32 Å². The highest BCUT2D eigenvalue weighted by atomic mass is 15.4. The summed E-state index contributed by atoms with van der Waals surface area (Å²) in [6, 6.07) is 1.30. The lowest BCUT2D eigenvalue weighted by molar-refractivity contribution is 0.468. The molecule has 0 aliphatic carbocycles. The number of rotatable bonds is 1. The van der Waals surface area contributed by atoms with E-state index in [-0.39, 0.29) is 0 Å². The number of hydrogen-bond donors (Lipinski definition) is 1. The summed E-state index contributed by atoms with van der Waals surface area (Å²) >= 11 is 0. The van der Waals surface area contributed by atoms with E-state index in [0.29, 0.717) is 12.1 Å². The maximum Gasteiger partial charge on any atom is 0.0857 e. The monoisotopic (exact) mass is 192 g/mol. The molecule has 0 radical (unpaired) electrons. The highest BCUT2D eigenvalue weighted by Gasteiger charge is 2.30. The van der Waals surface area contributed by atoms with Gasteiger partial charge in [-0.25, -0.2) is 4.68 Å². The van der Waals surface area contributed by atoms with Crippen LogP contribution in [-0.4, -0.2) is 27.1 Å². The quantitative estimate of drug-likeness (QED) is 0.705. The minimum Gasteiger partial charge on any atom is -0.309 e. The molecule has 3 rings (SSSR count). The van der Waals surface area contributed by atoms with Crippen molar-refractivity contribution in [2.75, 3.05) is 0 Å². The van der Waals surface area contributed by atoms with E-state index in [2.05, 4.69) is 27.2 Å². The Hall–Kier alpha value is -0.900. The van der Waals surface area contributed by atoms with E-state index in [4.69, 9.17) is 0 Å². The van der Waals surface area contributed by atoms with Crippen LogP contribution in [0.4, 0.5) is 0 Å². The first-order valence-electron chi connectivity index (χ1n) is 5.54. The fraction of sp³-hybridized carbons (Fsp3) is 0.800. The van der Waals surface area contributed by atoms with E-state index in [1.165, 1.54) is 24.2 Å². The summed E-state index contributed by atoms with van der Waals surface area (Å²) in [7, 11) is 0. The van der Waals surface area contributed by atoms with Crippen LogP contribution in [0, 0.1) is 0 Å². The smallest absolute Gasteiger partial charge is 0.0857 e. The van der Waals surface area contributed by atoms with Gasteiger partial charge in [-0.05, 0) is 19.3 Å². The van der Waals surface area contributed by atoms with Crippen molar-refractivity contribution >= 4 is 0 Å². The summed E-state index contributed by atoms with van der Waals surface area (Å²) in [5.41, 5.74) is 2.56. The standard InChI is InChI=1S/C10H16N4/c1-2-9-10-5-7-3-4-8(11-7)6-14(10)13-12-9/h7-8,11H,2-6H2,1H3. The van der Waals surface area contributed by atoms with E-state index >= 15 is 0 Å². The van der Waals surface area contributed by atoms with Gasteiger partial charge in [-0.2, -0.15) is 0 Å². The molecule has 14 heavy (non-hydrogen) atoms. The fourth-order valence-corrected chi connectivity index (χ4v) is 2.66. The molecule has 1 aromatic heterocycles. The van der Waals surface area contributed by atoms with Gasteiger partial charge in [0.05, 0.1) is 17.9 Å². The Balaban J connectivity index is 1.99. The zero-order valence-electron chi connectivity index (χ0n) is 8.53. The van der Waals surface area contributed by atoms with Crippen molar-refractivity contribution in [2.24, 2.45) is 0 Å².